The van der Waals surface area contributed by atoms with E-state index in [0.29, 0.717) is 18.7 Å². The molecule has 0 N–H and O–H groups in total. The Bertz CT molecular complexity index is 924. The first-order valence-corrected chi connectivity index (χ1v) is 9.49. The topological polar surface area (TPSA) is 83.8 Å². The molecule has 1 saturated heterocycles. The van der Waals surface area contributed by atoms with E-state index >= 15 is 0 Å². The second-order valence-electron chi connectivity index (χ2n) is 6.07. The summed E-state index contributed by atoms with van der Waals surface area (Å²) in [6.45, 7) is 2.98. The van der Waals surface area contributed by atoms with Crippen LogP contribution in [0.5, 0.6) is 0 Å². The average molecular weight is 379 g/mol. The van der Waals surface area contributed by atoms with Crippen LogP contribution in [0.25, 0.3) is 0 Å². The van der Waals surface area contributed by atoms with Crippen LogP contribution in [0.3, 0.4) is 0 Å². The number of aryl methyl sites for hydroxylation is 1. The number of anilines is 1. The molecule has 1 fully saturated rings. The minimum Gasteiger partial charge on any atom is -0.369 e. The third-order valence-corrected chi connectivity index (χ3v) is 6.34. The van der Waals surface area contributed by atoms with Gasteiger partial charge in [0.15, 0.2) is 0 Å². The molecular weight excluding hydrogens is 361 g/mol. The number of halogens is 1. The molecule has 0 unspecified atom stereocenters. The van der Waals surface area contributed by atoms with Crippen LogP contribution in [0.2, 0.25) is 0 Å². The molecule has 0 aliphatic carbocycles. The largest absolute Gasteiger partial charge is 0.369 e. The van der Waals surface area contributed by atoms with Crippen LogP contribution in [0.1, 0.15) is 5.56 Å². The van der Waals surface area contributed by atoms with E-state index in [4.69, 9.17) is 0 Å². The van der Waals surface area contributed by atoms with Crippen molar-refractivity contribution in [3.8, 4) is 0 Å². The van der Waals surface area contributed by atoms with Crippen molar-refractivity contribution in [2.45, 2.75) is 11.8 Å². The molecule has 0 saturated carbocycles. The summed E-state index contributed by atoms with van der Waals surface area (Å²) in [6.07, 6.45) is 0. The van der Waals surface area contributed by atoms with Crippen molar-refractivity contribution in [2.24, 2.45) is 0 Å². The van der Waals surface area contributed by atoms with Crippen LogP contribution in [0, 0.1) is 22.9 Å². The van der Waals surface area contributed by atoms with Gasteiger partial charge in [-0.15, -0.1) is 0 Å². The van der Waals surface area contributed by atoms with Crippen LogP contribution in [-0.4, -0.2) is 43.8 Å². The number of nitrogens with zero attached hydrogens (tertiary/aromatic N) is 3. The summed E-state index contributed by atoms with van der Waals surface area (Å²) < 4.78 is 39.9. The molecule has 0 aromatic heterocycles. The van der Waals surface area contributed by atoms with Crippen molar-refractivity contribution in [3.63, 3.8) is 0 Å². The quantitative estimate of drug-likeness (QED) is 0.602. The van der Waals surface area contributed by atoms with Gasteiger partial charge in [-0.25, -0.2) is 12.8 Å². The van der Waals surface area contributed by atoms with Gasteiger partial charge in [-0.2, -0.15) is 4.31 Å². The summed E-state index contributed by atoms with van der Waals surface area (Å²) in [5.41, 5.74) is 1.03. The summed E-state index contributed by atoms with van der Waals surface area (Å²) in [4.78, 5) is 12.4. The zero-order valence-electron chi connectivity index (χ0n) is 14.1. The lowest BCUT2D eigenvalue weighted by Crippen LogP contribution is -2.48. The fourth-order valence-electron chi connectivity index (χ4n) is 2.93. The highest BCUT2D eigenvalue weighted by Gasteiger charge is 2.30. The Morgan fingerprint density at radius 1 is 1.04 bits per heavy atom. The van der Waals surface area contributed by atoms with Crippen molar-refractivity contribution < 1.29 is 17.7 Å². The van der Waals surface area contributed by atoms with Crippen molar-refractivity contribution in [1.82, 2.24) is 4.31 Å². The van der Waals surface area contributed by atoms with Gasteiger partial charge in [0.2, 0.25) is 10.0 Å². The summed E-state index contributed by atoms with van der Waals surface area (Å²) >= 11 is 0. The first kappa shape index (κ1) is 18.3. The van der Waals surface area contributed by atoms with E-state index in [1.165, 1.54) is 28.6 Å². The highest BCUT2D eigenvalue weighted by molar-refractivity contribution is 7.89. The van der Waals surface area contributed by atoms with Crippen LogP contribution < -0.4 is 4.90 Å². The Balaban J connectivity index is 1.77. The lowest BCUT2D eigenvalue weighted by atomic mass is 10.2. The number of sulfonamides is 1. The highest BCUT2D eigenvalue weighted by atomic mass is 32.2. The summed E-state index contributed by atoms with van der Waals surface area (Å²) in [6, 6.07) is 9.99. The Kier molecular flexibility index (Phi) is 4.92. The van der Waals surface area contributed by atoms with Gasteiger partial charge >= 0.3 is 0 Å². The number of rotatable bonds is 4. The van der Waals surface area contributed by atoms with E-state index in [0.717, 1.165) is 11.8 Å². The minimum atomic E-state index is -3.80. The van der Waals surface area contributed by atoms with E-state index in [2.05, 4.69) is 0 Å². The Labute approximate surface area is 150 Å². The van der Waals surface area contributed by atoms with Crippen LogP contribution >= 0.6 is 0 Å². The fraction of sp³-hybridized carbons (Fsp3) is 0.294. The van der Waals surface area contributed by atoms with Gasteiger partial charge in [0.05, 0.1) is 9.82 Å². The lowest BCUT2D eigenvalue weighted by molar-refractivity contribution is -0.385. The minimum absolute atomic E-state index is 0.0787. The van der Waals surface area contributed by atoms with E-state index < -0.39 is 14.9 Å². The van der Waals surface area contributed by atoms with Gasteiger partial charge in [0, 0.05) is 43.5 Å². The summed E-state index contributed by atoms with van der Waals surface area (Å²) in [5.74, 6) is -0.323. The molecule has 2 aromatic carbocycles. The monoisotopic (exact) mass is 379 g/mol. The molecule has 1 aliphatic heterocycles. The molecule has 2 aromatic rings. The van der Waals surface area contributed by atoms with Crippen molar-refractivity contribution in [2.75, 3.05) is 31.1 Å². The van der Waals surface area contributed by atoms with E-state index in [9.17, 15) is 22.9 Å². The molecule has 0 bridgehead atoms. The summed E-state index contributed by atoms with van der Waals surface area (Å²) in [7, 11) is -3.80. The number of hydrogen-bond donors (Lipinski definition) is 0. The van der Waals surface area contributed by atoms with E-state index in [1.54, 1.807) is 19.1 Å². The predicted octanol–water partition coefficient (Wildman–Crippen LogP) is 2.55. The highest BCUT2D eigenvalue weighted by Crippen LogP contribution is 2.26. The fourth-order valence-corrected chi connectivity index (χ4v) is 4.38. The van der Waals surface area contributed by atoms with Crippen molar-refractivity contribution in [3.05, 3.63) is 64.0 Å². The molecule has 3 rings (SSSR count). The van der Waals surface area contributed by atoms with Crippen LogP contribution in [-0.2, 0) is 10.0 Å². The first-order valence-electron chi connectivity index (χ1n) is 8.05. The van der Waals surface area contributed by atoms with Crippen LogP contribution in [0.4, 0.5) is 15.8 Å². The Hall–Kier alpha value is -2.52. The molecule has 0 radical (unpaired) electrons. The third-order valence-electron chi connectivity index (χ3n) is 4.45. The number of hydrogen-bond acceptors (Lipinski definition) is 5. The molecular formula is C17H18FN3O4S. The summed E-state index contributed by atoms with van der Waals surface area (Å²) in [5, 5.41) is 11.1. The molecule has 0 atom stereocenters. The zero-order valence-corrected chi connectivity index (χ0v) is 14.9. The Morgan fingerprint density at radius 2 is 1.65 bits per heavy atom. The van der Waals surface area contributed by atoms with Gasteiger partial charge in [-0.1, -0.05) is 6.07 Å². The normalized spacial score (nSPS) is 15.8. The van der Waals surface area contributed by atoms with Gasteiger partial charge in [0.1, 0.15) is 5.82 Å². The maximum atomic E-state index is 13.0. The smallest absolute Gasteiger partial charge is 0.273 e. The van der Waals surface area contributed by atoms with E-state index in [-0.39, 0.29) is 29.5 Å². The van der Waals surface area contributed by atoms with E-state index in [1.807, 2.05) is 4.90 Å². The number of benzene rings is 2. The molecule has 1 aliphatic rings. The molecule has 138 valence electrons. The molecule has 26 heavy (non-hydrogen) atoms. The van der Waals surface area contributed by atoms with Crippen molar-refractivity contribution >= 4 is 21.4 Å². The van der Waals surface area contributed by atoms with Gasteiger partial charge in [-0.3, -0.25) is 10.1 Å². The van der Waals surface area contributed by atoms with Crippen molar-refractivity contribution in [1.29, 1.82) is 0 Å². The van der Waals surface area contributed by atoms with Crippen LogP contribution in [0.15, 0.2) is 47.4 Å². The molecule has 7 nitrogen and oxygen atoms in total. The zero-order chi connectivity index (χ0) is 18.9. The van der Waals surface area contributed by atoms with Gasteiger partial charge in [0.25, 0.3) is 5.69 Å². The second-order valence-corrected chi connectivity index (χ2v) is 8.01. The second kappa shape index (κ2) is 7.00. The maximum absolute atomic E-state index is 13.0. The lowest BCUT2D eigenvalue weighted by Gasteiger charge is -2.35. The third kappa shape index (κ3) is 3.54. The van der Waals surface area contributed by atoms with Gasteiger partial charge < -0.3 is 4.90 Å². The molecule has 1 heterocycles. The first-order chi connectivity index (χ1) is 12.3. The predicted molar refractivity (Wildman–Crippen MR) is 95.2 cm³/mol. The Morgan fingerprint density at radius 3 is 2.23 bits per heavy atom. The molecule has 0 amide bonds. The number of nitro benzene ring substituents is 1. The average Bonchev–Trinajstić information content (AvgIpc) is 2.62. The molecule has 0 spiro atoms. The standard InChI is InChI=1S/C17H18FN3O4S/c1-13-2-7-16(12-17(13)21(22)23)26(24,25)20-10-8-19(9-11-20)15-5-3-14(18)4-6-15/h2-7,12H,8-11H2,1H3. The number of nitro groups is 1. The number of piperazine rings is 1. The van der Waals surface area contributed by atoms with Gasteiger partial charge in [-0.05, 0) is 37.3 Å². The SMILES string of the molecule is Cc1ccc(S(=O)(=O)N2CCN(c3ccc(F)cc3)CC2)cc1[N+](=O)[O-]. The maximum Gasteiger partial charge on any atom is 0.273 e. The molecule has 9 heteroatoms.